The maximum absolute atomic E-state index is 11.7. The van der Waals surface area contributed by atoms with Gasteiger partial charge in [0.2, 0.25) is 5.91 Å². The molecule has 0 spiro atoms. The van der Waals surface area contributed by atoms with Crippen LogP contribution >= 0.6 is 0 Å². The summed E-state index contributed by atoms with van der Waals surface area (Å²) < 4.78 is 40.0. The van der Waals surface area contributed by atoms with E-state index in [4.69, 9.17) is 10.5 Å². The molecule has 0 aromatic rings. The van der Waals surface area contributed by atoms with Crippen LogP contribution in [0.15, 0.2) is 0 Å². The fourth-order valence-corrected chi connectivity index (χ4v) is 1.09. The number of nitrogens with two attached hydrogens (primary N) is 1. The summed E-state index contributed by atoms with van der Waals surface area (Å²) in [6.07, 6.45) is -4.39. The van der Waals surface area contributed by atoms with Gasteiger partial charge in [0.1, 0.15) is 0 Å². The first-order valence-corrected chi connectivity index (χ1v) is 5.45. The molecule has 0 bridgehead atoms. The summed E-state index contributed by atoms with van der Waals surface area (Å²) in [4.78, 5) is 12.9. The Labute approximate surface area is 98.9 Å². The molecule has 0 heterocycles. The zero-order valence-electron chi connectivity index (χ0n) is 9.92. The van der Waals surface area contributed by atoms with Gasteiger partial charge < -0.3 is 15.4 Å². The van der Waals surface area contributed by atoms with E-state index in [1.54, 1.807) is 7.05 Å². The molecular formula is C10H19F3N2O2. The predicted octanol–water partition coefficient (Wildman–Crippen LogP) is 1.15. The number of halogens is 3. The van der Waals surface area contributed by atoms with Gasteiger partial charge in [-0.1, -0.05) is 0 Å². The van der Waals surface area contributed by atoms with Crippen LogP contribution in [0.1, 0.15) is 19.3 Å². The number of nitrogens with zero attached hydrogens (tertiary/aromatic N) is 1. The first-order valence-electron chi connectivity index (χ1n) is 5.45. The lowest BCUT2D eigenvalue weighted by Crippen LogP contribution is -2.29. The van der Waals surface area contributed by atoms with Crippen LogP contribution in [0.4, 0.5) is 13.2 Å². The molecule has 0 aromatic carbocycles. The summed E-state index contributed by atoms with van der Waals surface area (Å²) in [7, 11) is 1.63. The number of hydrogen-bond donors (Lipinski definition) is 1. The third-order valence-electron chi connectivity index (χ3n) is 2.11. The molecule has 2 N–H and O–H groups in total. The molecule has 0 saturated carbocycles. The van der Waals surface area contributed by atoms with Crippen LogP contribution in [-0.2, 0) is 9.53 Å². The van der Waals surface area contributed by atoms with Crippen molar-refractivity contribution in [2.75, 3.05) is 33.4 Å². The van der Waals surface area contributed by atoms with Gasteiger partial charge in [0.05, 0.1) is 26.1 Å². The molecule has 4 nitrogen and oxygen atoms in total. The Hall–Kier alpha value is -0.820. The molecule has 0 aliphatic carbocycles. The highest BCUT2D eigenvalue weighted by Crippen LogP contribution is 2.18. The third kappa shape index (κ3) is 10.1. The first-order chi connectivity index (χ1) is 7.87. The standard InChI is InChI=1S/C10H19F3N2O2/c1-15(6-2-5-14)9(16)3-7-17-8-4-10(11,12)13/h2-8,14H2,1H3. The number of carbonyl (C=O) groups is 1. The van der Waals surface area contributed by atoms with E-state index < -0.39 is 19.2 Å². The largest absolute Gasteiger partial charge is 0.391 e. The van der Waals surface area contributed by atoms with Crippen molar-refractivity contribution in [2.45, 2.75) is 25.4 Å². The van der Waals surface area contributed by atoms with E-state index in [0.717, 1.165) is 0 Å². The zero-order valence-corrected chi connectivity index (χ0v) is 9.92. The molecule has 102 valence electrons. The summed E-state index contributed by atoms with van der Waals surface area (Å²) in [6.45, 7) is 0.669. The quantitative estimate of drug-likeness (QED) is 0.663. The number of rotatable bonds is 8. The van der Waals surface area contributed by atoms with Crippen molar-refractivity contribution in [2.24, 2.45) is 5.73 Å². The molecule has 1 amide bonds. The number of hydrogen-bond acceptors (Lipinski definition) is 3. The highest BCUT2D eigenvalue weighted by Gasteiger charge is 2.26. The topological polar surface area (TPSA) is 55.6 Å². The van der Waals surface area contributed by atoms with Gasteiger partial charge in [0.15, 0.2) is 0 Å². The molecule has 0 fully saturated rings. The van der Waals surface area contributed by atoms with Gasteiger partial charge >= 0.3 is 6.18 Å². The van der Waals surface area contributed by atoms with E-state index in [2.05, 4.69) is 0 Å². The van der Waals surface area contributed by atoms with Gasteiger partial charge in [-0.3, -0.25) is 4.79 Å². The lowest BCUT2D eigenvalue weighted by molar-refractivity contribution is -0.146. The molecule has 0 aliphatic heterocycles. The summed E-state index contributed by atoms with van der Waals surface area (Å²) in [5.41, 5.74) is 5.29. The molecule has 17 heavy (non-hydrogen) atoms. The molecule has 0 radical (unpaired) electrons. The second kappa shape index (κ2) is 8.30. The Kier molecular flexibility index (Phi) is 7.90. The lowest BCUT2D eigenvalue weighted by atomic mass is 10.3. The molecule has 0 aliphatic rings. The third-order valence-corrected chi connectivity index (χ3v) is 2.11. The van der Waals surface area contributed by atoms with Crippen LogP contribution in [0.25, 0.3) is 0 Å². The lowest BCUT2D eigenvalue weighted by Gasteiger charge is -2.16. The van der Waals surface area contributed by atoms with Crippen molar-refractivity contribution in [1.29, 1.82) is 0 Å². The molecule has 7 heteroatoms. The minimum Gasteiger partial charge on any atom is -0.381 e. The maximum Gasteiger partial charge on any atom is 0.391 e. The monoisotopic (exact) mass is 256 g/mol. The Bertz CT molecular complexity index is 222. The molecule has 0 rings (SSSR count). The summed E-state index contributed by atoms with van der Waals surface area (Å²) in [6, 6.07) is 0. The smallest absolute Gasteiger partial charge is 0.381 e. The van der Waals surface area contributed by atoms with Crippen LogP contribution in [0.3, 0.4) is 0 Å². The summed E-state index contributed by atoms with van der Waals surface area (Å²) in [5.74, 6) is -0.148. The van der Waals surface area contributed by atoms with E-state index in [-0.39, 0.29) is 18.9 Å². The van der Waals surface area contributed by atoms with Crippen LogP contribution < -0.4 is 5.73 Å². The highest BCUT2D eigenvalue weighted by molar-refractivity contribution is 5.75. The van der Waals surface area contributed by atoms with Gasteiger partial charge in [0.25, 0.3) is 0 Å². The Morgan fingerprint density at radius 2 is 2.00 bits per heavy atom. The average Bonchev–Trinajstić information content (AvgIpc) is 2.23. The van der Waals surface area contributed by atoms with Crippen molar-refractivity contribution in [3.8, 4) is 0 Å². The predicted molar refractivity (Wildman–Crippen MR) is 57.4 cm³/mol. The molecular weight excluding hydrogens is 237 g/mol. The van der Waals surface area contributed by atoms with E-state index in [1.807, 2.05) is 0 Å². The minimum atomic E-state index is -4.21. The van der Waals surface area contributed by atoms with Crippen LogP contribution in [0.5, 0.6) is 0 Å². The summed E-state index contributed by atoms with van der Waals surface area (Å²) in [5, 5.41) is 0. The van der Waals surface area contributed by atoms with E-state index in [0.29, 0.717) is 19.5 Å². The maximum atomic E-state index is 11.7. The zero-order chi connectivity index (χ0) is 13.3. The van der Waals surface area contributed by atoms with Crippen LogP contribution in [-0.4, -0.2) is 50.3 Å². The number of carbonyl (C=O) groups excluding carboxylic acids is 1. The Morgan fingerprint density at radius 1 is 1.35 bits per heavy atom. The van der Waals surface area contributed by atoms with Crippen LogP contribution in [0, 0.1) is 0 Å². The minimum absolute atomic E-state index is 0.0158. The normalized spacial score (nSPS) is 11.6. The average molecular weight is 256 g/mol. The Morgan fingerprint density at radius 3 is 2.53 bits per heavy atom. The van der Waals surface area contributed by atoms with E-state index >= 15 is 0 Å². The van der Waals surface area contributed by atoms with Gasteiger partial charge in [-0.2, -0.15) is 13.2 Å². The van der Waals surface area contributed by atoms with E-state index in [9.17, 15) is 18.0 Å². The molecule has 0 saturated heterocycles. The van der Waals surface area contributed by atoms with Gasteiger partial charge in [-0.15, -0.1) is 0 Å². The number of ether oxygens (including phenoxy) is 1. The second-order valence-electron chi connectivity index (χ2n) is 3.69. The van der Waals surface area contributed by atoms with Gasteiger partial charge in [-0.25, -0.2) is 0 Å². The molecule has 0 atom stereocenters. The van der Waals surface area contributed by atoms with Crippen LogP contribution in [0.2, 0.25) is 0 Å². The van der Waals surface area contributed by atoms with Gasteiger partial charge in [0, 0.05) is 13.6 Å². The van der Waals surface area contributed by atoms with Crippen molar-refractivity contribution in [3.05, 3.63) is 0 Å². The molecule has 0 unspecified atom stereocenters. The number of amides is 1. The van der Waals surface area contributed by atoms with Crippen molar-refractivity contribution in [1.82, 2.24) is 4.90 Å². The van der Waals surface area contributed by atoms with Crippen molar-refractivity contribution < 1.29 is 22.7 Å². The highest BCUT2D eigenvalue weighted by atomic mass is 19.4. The molecule has 0 aromatic heterocycles. The van der Waals surface area contributed by atoms with Gasteiger partial charge in [-0.05, 0) is 13.0 Å². The second-order valence-corrected chi connectivity index (χ2v) is 3.69. The van der Waals surface area contributed by atoms with Crippen molar-refractivity contribution >= 4 is 5.91 Å². The SMILES string of the molecule is CN(CCCN)C(=O)CCOCCC(F)(F)F. The fourth-order valence-electron chi connectivity index (χ4n) is 1.09. The number of alkyl halides is 3. The van der Waals surface area contributed by atoms with E-state index in [1.165, 1.54) is 4.90 Å². The van der Waals surface area contributed by atoms with Crippen molar-refractivity contribution in [3.63, 3.8) is 0 Å². The summed E-state index contributed by atoms with van der Waals surface area (Å²) >= 11 is 0. The first kappa shape index (κ1) is 16.2. The Balaban J connectivity index is 3.51. The fraction of sp³-hybridized carbons (Fsp3) is 0.900.